The topological polar surface area (TPSA) is 0 Å². The Morgan fingerprint density at radius 2 is 1.32 bits per heavy atom. The minimum absolute atomic E-state index is 1.15. The second kappa shape index (κ2) is 13.4. The van der Waals surface area contributed by atoms with E-state index in [2.05, 4.69) is 52.0 Å². The van der Waals surface area contributed by atoms with Gasteiger partial charge >= 0.3 is 0 Å². The first kappa shape index (κ1) is 23.0. The zero-order chi connectivity index (χ0) is 17.7. The maximum atomic E-state index is 2.30. The van der Waals surface area contributed by atoms with Crippen LogP contribution in [-0.4, -0.2) is 0 Å². The van der Waals surface area contributed by atoms with E-state index in [0.717, 1.165) is 6.42 Å². The molecule has 0 fully saturated rings. The van der Waals surface area contributed by atoms with Gasteiger partial charge in [0.25, 0.3) is 0 Å². The molecule has 0 radical (unpaired) electrons. The second-order valence-corrected chi connectivity index (χ2v) is 4.78. The zero-order valence-electron chi connectivity index (χ0n) is 16.7. The molecule has 2 rings (SSSR count). The maximum absolute atomic E-state index is 2.30. The second-order valence-electron chi connectivity index (χ2n) is 4.78. The van der Waals surface area contributed by atoms with Gasteiger partial charge in [-0.2, -0.15) is 0 Å². The van der Waals surface area contributed by atoms with Gasteiger partial charge in [-0.15, -0.1) is 0 Å². The monoisotopic (exact) mass is 302 g/mol. The van der Waals surface area contributed by atoms with E-state index in [1.54, 1.807) is 5.56 Å². The third-order valence-electron chi connectivity index (χ3n) is 3.79. The Kier molecular flexibility index (Phi) is 14.0. The van der Waals surface area contributed by atoms with Crippen molar-refractivity contribution < 1.29 is 0 Å². The molecule has 0 heterocycles. The number of rotatable bonds is 0. The molecule has 22 heavy (non-hydrogen) atoms. The Bertz CT molecular complexity index is 473. The van der Waals surface area contributed by atoms with E-state index in [9.17, 15) is 0 Å². The number of hydrogen-bond donors (Lipinski definition) is 0. The fourth-order valence-electron chi connectivity index (χ4n) is 2.37. The van der Waals surface area contributed by atoms with Gasteiger partial charge in [0.1, 0.15) is 0 Å². The van der Waals surface area contributed by atoms with E-state index >= 15 is 0 Å². The molecule has 1 aromatic rings. The standard InChI is InChI=1S/C16H20.3C2H6/c1-11-7-5-6-8-15-14(4)12(2)9-10-16(15)13(11)3;3*1-2/h5,7,9-10H,6,8H2,1-4H3;3*1-2H3/b7-5-,13-11-;;;. The van der Waals surface area contributed by atoms with Gasteiger partial charge in [0, 0.05) is 0 Å². The van der Waals surface area contributed by atoms with E-state index in [-0.39, 0.29) is 0 Å². The molecule has 0 atom stereocenters. The average molecular weight is 303 g/mol. The van der Waals surface area contributed by atoms with E-state index in [0.29, 0.717) is 0 Å². The van der Waals surface area contributed by atoms with Crippen LogP contribution < -0.4 is 0 Å². The molecule has 0 saturated carbocycles. The normalized spacial score (nSPS) is 17.0. The first-order valence-electron chi connectivity index (χ1n) is 9.04. The molecule has 1 aliphatic rings. The Morgan fingerprint density at radius 1 is 0.773 bits per heavy atom. The minimum Gasteiger partial charge on any atom is -0.0839 e. The molecule has 126 valence electrons. The molecule has 0 N–H and O–H groups in total. The summed E-state index contributed by atoms with van der Waals surface area (Å²) in [4.78, 5) is 0. The zero-order valence-corrected chi connectivity index (χ0v) is 16.7. The lowest BCUT2D eigenvalue weighted by atomic mass is 9.87. The predicted octanol–water partition coefficient (Wildman–Crippen LogP) is 7.68. The predicted molar refractivity (Wildman–Crippen MR) is 106 cm³/mol. The SMILES string of the molecule is CC.CC.CC.CC1=C(\C)c2ccc(C)c(C)c2CC/C=C\1. The van der Waals surface area contributed by atoms with Crippen molar-refractivity contribution in [1.29, 1.82) is 0 Å². The minimum atomic E-state index is 1.15. The molecule has 0 aromatic heterocycles. The van der Waals surface area contributed by atoms with Gasteiger partial charge < -0.3 is 0 Å². The number of benzene rings is 1. The summed E-state index contributed by atoms with van der Waals surface area (Å²) in [7, 11) is 0. The molecule has 0 spiro atoms. The van der Waals surface area contributed by atoms with Crippen molar-refractivity contribution in [3.63, 3.8) is 0 Å². The molecular weight excluding hydrogens is 264 g/mol. The fourth-order valence-corrected chi connectivity index (χ4v) is 2.37. The third kappa shape index (κ3) is 6.22. The molecule has 0 unspecified atom stereocenters. The van der Waals surface area contributed by atoms with Crippen molar-refractivity contribution in [2.75, 3.05) is 0 Å². The van der Waals surface area contributed by atoms with Crippen molar-refractivity contribution in [1.82, 2.24) is 0 Å². The van der Waals surface area contributed by atoms with Crippen LogP contribution in [0.2, 0.25) is 0 Å². The summed E-state index contributed by atoms with van der Waals surface area (Å²) in [6, 6.07) is 4.53. The molecule has 0 nitrogen and oxygen atoms in total. The van der Waals surface area contributed by atoms with Crippen LogP contribution in [0.4, 0.5) is 0 Å². The summed E-state index contributed by atoms with van der Waals surface area (Å²) in [5.74, 6) is 0. The number of fused-ring (bicyclic) bond motifs is 1. The van der Waals surface area contributed by atoms with Gasteiger partial charge in [-0.1, -0.05) is 65.8 Å². The molecule has 1 aliphatic carbocycles. The highest BCUT2D eigenvalue weighted by Crippen LogP contribution is 2.29. The highest BCUT2D eigenvalue weighted by Gasteiger charge is 2.11. The maximum Gasteiger partial charge on any atom is -0.0190 e. The Balaban J connectivity index is 0. The van der Waals surface area contributed by atoms with Crippen molar-refractivity contribution in [2.45, 2.75) is 82.1 Å². The summed E-state index contributed by atoms with van der Waals surface area (Å²) < 4.78 is 0. The van der Waals surface area contributed by atoms with Crippen LogP contribution in [0.25, 0.3) is 5.57 Å². The average Bonchev–Trinajstić information content (AvgIpc) is 2.58. The van der Waals surface area contributed by atoms with E-state index in [4.69, 9.17) is 0 Å². The molecular formula is C22H38. The highest BCUT2D eigenvalue weighted by atomic mass is 14.2. The lowest BCUT2D eigenvalue weighted by Crippen LogP contribution is -2.00. The van der Waals surface area contributed by atoms with Crippen molar-refractivity contribution in [3.05, 3.63) is 52.1 Å². The van der Waals surface area contributed by atoms with Crippen LogP contribution in [0, 0.1) is 13.8 Å². The molecule has 0 saturated heterocycles. The van der Waals surface area contributed by atoms with Crippen LogP contribution in [0.1, 0.15) is 84.1 Å². The van der Waals surface area contributed by atoms with Crippen LogP contribution in [-0.2, 0) is 6.42 Å². The van der Waals surface area contributed by atoms with Crippen LogP contribution >= 0.6 is 0 Å². The van der Waals surface area contributed by atoms with Gasteiger partial charge in [-0.05, 0) is 73.9 Å². The molecule has 0 aliphatic heterocycles. The van der Waals surface area contributed by atoms with E-state index < -0.39 is 0 Å². The summed E-state index contributed by atoms with van der Waals surface area (Å²) in [5.41, 5.74) is 8.69. The molecule has 0 bridgehead atoms. The summed E-state index contributed by atoms with van der Waals surface area (Å²) in [6.07, 6.45) is 6.88. The van der Waals surface area contributed by atoms with E-state index in [1.807, 2.05) is 41.5 Å². The van der Waals surface area contributed by atoms with Crippen LogP contribution in [0.3, 0.4) is 0 Å². The first-order chi connectivity index (χ1) is 10.6. The first-order valence-corrected chi connectivity index (χ1v) is 9.04. The van der Waals surface area contributed by atoms with Crippen molar-refractivity contribution >= 4 is 5.57 Å². The van der Waals surface area contributed by atoms with Gasteiger partial charge in [-0.25, -0.2) is 0 Å². The Morgan fingerprint density at radius 3 is 1.86 bits per heavy atom. The number of allylic oxidation sites excluding steroid dienone is 4. The number of hydrogen-bond acceptors (Lipinski definition) is 0. The largest absolute Gasteiger partial charge is 0.0839 e. The Labute approximate surface area is 140 Å². The lowest BCUT2D eigenvalue weighted by Gasteiger charge is -2.17. The highest BCUT2D eigenvalue weighted by molar-refractivity contribution is 5.72. The van der Waals surface area contributed by atoms with Gasteiger partial charge in [0.05, 0.1) is 0 Å². The van der Waals surface area contributed by atoms with Crippen LogP contribution in [0.5, 0.6) is 0 Å². The quantitative estimate of drug-likeness (QED) is 0.461. The molecule has 1 aromatic carbocycles. The molecule has 0 heteroatoms. The van der Waals surface area contributed by atoms with E-state index in [1.165, 1.54) is 34.3 Å². The van der Waals surface area contributed by atoms with Crippen molar-refractivity contribution in [2.24, 2.45) is 0 Å². The summed E-state index contributed by atoms with van der Waals surface area (Å²) >= 11 is 0. The number of aryl methyl sites for hydroxylation is 1. The molecule has 0 amide bonds. The Hall–Kier alpha value is -1.30. The van der Waals surface area contributed by atoms with Crippen LogP contribution in [0.15, 0.2) is 29.9 Å². The fraction of sp³-hybridized carbons (Fsp3) is 0.545. The summed E-state index contributed by atoms with van der Waals surface area (Å²) in [5, 5.41) is 0. The smallest absolute Gasteiger partial charge is 0.0190 e. The van der Waals surface area contributed by atoms with Crippen molar-refractivity contribution in [3.8, 4) is 0 Å². The van der Waals surface area contributed by atoms with Gasteiger partial charge in [-0.3, -0.25) is 0 Å². The summed E-state index contributed by atoms with van der Waals surface area (Å²) in [6.45, 7) is 20.9. The lowest BCUT2D eigenvalue weighted by molar-refractivity contribution is 0.969. The van der Waals surface area contributed by atoms with Gasteiger partial charge in [0.15, 0.2) is 0 Å². The van der Waals surface area contributed by atoms with Gasteiger partial charge in [0.2, 0.25) is 0 Å². The third-order valence-corrected chi connectivity index (χ3v) is 3.79.